The molecule has 2 N–H and O–H groups in total. The summed E-state index contributed by atoms with van der Waals surface area (Å²) in [4.78, 5) is 0. The highest BCUT2D eigenvalue weighted by atomic mass is 14.7. The first-order chi connectivity index (χ1) is 10.5. The molecular weight excluding hydrogens is 266 g/mol. The van der Waals surface area contributed by atoms with E-state index in [-0.39, 0.29) is 11.5 Å². The van der Waals surface area contributed by atoms with Gasteiger partial charge in [0.15, 0.2) is 0 Å². The fourth-order valence-electron chi connectivity index (χ4n) is 3.50. The molecule has 0 spiro atoms. The Morgan fingerprint density at radius 2 is 1.27 bits per heavy atom. The van der Waals surface area contributed by atoms with Crippen molar-refractivity contribution in [3.63, 3.8) is 0 Å². The van der Waals surface area contributed by atoms with Crippen LogP contribution in [0.1, 0.15) is 32.4 Å². The maximum atomic E-state index is 6.57. The Bertz CT molecular complexity index is 960. The largest absolute Gasteiger partial charge is 0.323 e. The lowest BCUT2D eigenvalue weighted by Gasteiger charge is -2.29. The van der Waals surface area contributed by atoms with Crippen molar-refractivity contribution in [2.75, 3.05) is 0 Å². The monoisotopic (exact) mass is 287 g/mol. The number of hydrogen-bond donors (Lipinski definition) is 1. The van der Waals surface area contributed by atoms with Crippen molar-refractivity contribution in [1.82, 2.24) is 0 Å². The van der Waals surface area contributed by atoms with Crippen molar-refractivity contribution >= 4 is 32.3 Å². The van der Waals surface area contributed by atoms with Crippen LogP contribution < -0.4 is 5.73 Å². The van der Waals surface area contributed by atoms with Gasteiger partial charge < -0.3 is 5.73 Å². The first-order valence-corrected chi connectivity index (χ1v) is 7.89. The normalized spacial score (nSPS) is 14.2. The summed E-state index contributed by atoms with van der Waals surface area (Å²) < 4.78 is 0. The molecule has 4 aromatic carbocycles. The summed E-state index contributed by atoms with van der Waals surface area (Å²) in [6.07, 6.45) is 0. The van der Waals surface area contributed by atoms with E-state index in [1.165, 1.54) is 37.9 Å². The zero-order valence-electron chi connectivity index (χ0n) is 13.4. The molecule has 0 saturated carbocycles. The van der Waals surface area contributed by atoms with Crippen LogP contribution in [-0.2, 0) is 0 Å². The van der Waals surface area contributed by atoms with E-state index >= 15 is 0 Å². The summed E-state index contributed by atoms with van der Waals surface area (Å²) in [5.41, 5.74) is 7.86. The summed E-state index contributed by atoms with van der Waals surface area (Å²) in [6.45, 7) is 6.61. The summed E-state index contributed by atoms with van der Waals surface area (Å²) in [5.74, 6) is 0. The Labute approximate surface area is 131 Å². The molecule has 0 amide bonds. The van der Waals surface area contributed by atoms with E-state index in [1.54, 1.807) is 0 Å². The highest BCUT2D eigenvalue weighted by Crippen LogP contribution is 2.40. The third-order valence-corrected chi connectivity index (χ3v) is 4.83. The molecule has 0 heterocycles. The number of hydrogen-bond acceptors (Lipinski definition) is 1. The van der Waals surface area contributed by atoms with Crippen molar-refractivity contribution < 1.29 is 0 Å². The summed E-state index contributed by atoms with van der Waals surface area (Å²) in [6, 6.07) is 19.9. The maximum absolute atomic E-state index is 6.57. The highest BCUT2D eigenvalue weighted by Gasteiger charge is 2.24. The standard InChI is InChI=1S/C21H21N/c1-21(2,3)20(22)17-12-10-15-8-7-13-5-4-6-14-9-11-16(17)19(15)18(13)14/h4-12,20H,22H2,1-3H3/t20-/m0/s1. The average molecular weight is 287 g/mol. The van der Waals surface area contributed by atoms with Gasteiger partial charge in [-0.1, -0.05) is 75.4 Å². The summed E-state index contributed by atoms with van der Waals surface area (Å²) in [5, 5.41) is 7.91. The molecule has 0 fully saturated rings. The second-order valence-electron chi connectivity index (χ2n) is 7.35. The maximum Gasteiger partial charge on any atom is 0.0350 e. The van der Waals surface area contributed by atoms with Gasteiger partial charge in [-0.15, -0.1) is 0 Å². The Hall–Kier alpha value is -2.12. The molecule has 0 saturated heterocycles. The van der Waals surface area contributed by atoms with Gasteiger partial charge in [0.05, 0.1) is 0 Å². The van der Waals surface area contributed by atoms with Gasteiger partial charge in [0.2, 0.25) is 0 Å². The lowest BCUT2D eigenvalue weighted by Crippen LogP contribution is -2.26. The molecule has 110 valence electrons. The van der Waals surface area contributed by atoms with Crippen LogP contribution in [0, 0.1) is 5.41 Å². The van der Waals surface area contributed by atoms with E-state index in [1.807, 2.05) is 0 Å². The zero-order valence-corrected chi connectivity index (χ0v) is 13.4. The molecule has 0 bridgehead atoms. The lowest BCUT2D eigenvalue weighted by atomic mass is 9.80. The predicted octanol–water partition coefficient (Wildman–Crippen LogP) is 5.63. The van der Waals surface area contributed by atoms with Gasteiger partial charge in [0, 0.05) is 6.04 Å². The minimum Gasteiger partial charge on any atom is -0.323 e. The van der Waals surface area contributed by atoms with E-state index < -0.39 is 0 Å². The van der Waals surface area contributed by atoms with Crippen molar-refractivity contribution in [1.29, 1.82) is 0 Å². The molecule has 0 radical (unpaired) electrons. The molecule has 1 nitrogen and oxygen atoms in total. The molecule has 4 rings (SSSR count). The van der Waals surface area contributed by atoms with Gasteiger partial charge in [-0.25, -0.2) is 0 Å². The lowest BCUT2D eigenvalue weighted by molar-refractivity contribution is 0.328. The zero-order chi connectivity index (χ0) is 15.5. The Morgan fingerprint density at radius 3 is 1.91 bits per heavy atom. The van der Waals surface area contributed by atoms with Gasteiger partial charge in [0.25, 0.3) is 0 Å². The Kier molecular flexibility index (Phi) is 2.73. The fourth-order valence-corrected chi connectivity index (χ4v) is 3.50. The van der Waals surface area contributed by atoms with Crippen LogP contribution >= 0.6 is 0 Å². The van der Waals surface area contributed by atoms with E-state index in [9.17, 15) is 0 Å². The van der Waals surface area contributed by atoms with Gasteiger partial charge in [-0.05, 0) is 43.3 Å². The fraction of sp³-hybridized carbons (Fsp3) is 0.238. The number of benzene rings is 4. The molecule has 22 heavy (non-hydrogen) atoms. The first-order valence-electron chi connectivity index (χ1n) is 7.89. The molecule has 0 unspecified atom stereocenters. The van der Waals surface area contributed by atoms with Crippen molar-refractivity contribution in [2.24, 2.45) is 11.1 Å². The highest BCUT2D eigenvalue weighted by molar-refractivity contribution is 6.23. The average Bonchev–Trinajstić information content (AvgIpc) is 2.51. The van der Waals surface area contributed by atoms with Gasteiger partial charge >= 0.3 is 0 Å². The van der Waals surface area contributed by atoms with E-state index in [4.69, 9.17) is 5.73 Å². The Balaban J connectivity index is 2.17. The molecular formula is C21H21N. The number of nitrogens with two attached hydrogens (primary N) is 1. The molecule has 1 atom stereocenters. The van der Waals surface area contributed by atoms with Crippen LogP contribution in [-0.4, -0.2) is 0 Å². The third kappa shape index (κ3) is 1.82. The second kappa shape index (κ2) is 4.44. The molecule has 0 aliphatic carbocycles. The van der Waals surface area contributed by atoms with Gasteiger partial charge in [0.1, 0.15) is 0 Å². The topological polar surface area (TPSA) is 26.0 Å². The molecule has 0 aromatic heterocycles. The van der Waals surface area contributed by atoms with Gasteiger partial charge in [-0.3, -0.25) is 0 Å². The molecule has 4 aromatic rings. The SMILES string of the molecule is CC(C)(C)[C@@H](N)c1ccc2ccc3cccc4ccc1c2c34. The summed E-state index contributed by atoms with van der Waals surface area (Å²) in [7, 11) is 0. The van der Waals surface area contributed by atoms with Crippen molar-refractivity contribution in [3.05, 3.63) is 60.2 Å². The van der Waals surface area contributed by atoms with E-state index in [0.717, 1.165) is 0 Å². The third-order valence-electron chi connectivity index (χ3n) is 4.83. The minimum absolute atomic E-state index is 0.0251. The van der Waals surface area contributed by atoms with Crippen molar-refractivity contribution in [2.45, 2.75) is 26.8 Å². The van der Waals surface area contributed by atoms with Gasteiger partial charge in [-0.2, -0.15) is 0 Å². The second-order valence-corrected chi connectivity index (χ2v) is 7.35. The van der Waals surface area contributed by atoms with E-state index in [0.29, 0.717) is 0 Å². The van der Waals surface area contributed by atoms with Crippen LogP contribution in [0.15, 0.2) is 54.6 Å². The smallest absolute Gasteiger partial charge is 0.0350 e. The first kappa shape index (κ1) is 13.5. The quantitative estimate of drug-likeness (QED) is 0.451. The number of rotatable bonds is 1. The summed E-state index contributed by atoms with van der Waals surface area (Å²) >= 11 is 0. The molecule has 0 aliphatic heterocycles. The van der Waals surface area contributed by atoms with Crippen LogP contribution in [0.25, 0.3) is 32.3 Å². The molecule has 1 heteroatoms. The minimum atomic E-state index is 0.0251. The van der Waals surface area contributed by atoms with Crippen LogP contribution in [0.5, 0.6) is 0 Å². The molecule has 0 aliphatic rings. The Morgan fingerprint density at radius 1 is 0.727 bits per heavy atom. The van der Waals surface area contributed by atoms with Crippen molar-refractivity contribution in [3.8, 4) is 0 Å². The van der Waals surface area contributed by atoms with Crippen LogP contribution in [0.3, 0.4) is 0 Å². The van der Waals surface area contributed by atoms with Crippen LogP contribution in [0.2, 0.25) is 0 Å². The van der Waals surface area contributed by atoms with Crippen LogP contribution in [0.4, 0.5) is 0 Å². The van der Waals surface area contributed by atoms with E-state index in [2.05, 4.69) is 75.4 Å². The predicted molar refractivity (Wildman–Crippen MR) is 96.5 cm³/mol.